The molecule has 0 heterocycles. The first-order valence-corrected chi connectivity index (χ1v) is 5.69. The maximum atomic E-state index is 11.9. The summed E-state index contributed by atoms with van der Waals surface area (Å²) < 4.78 is 0. The maximum Gasteiger partial charge on any atom is 0.322 e. The topological polar surface area (TPSA) is 58.4 Å². The Morgan fingerprint density at radius 3 is 2.53 bits per heavy atom. The van der Waals surface area contributed by atoms with Crippen LogP contribution in [0, 0.1) is 0 Å². The number of rotatable bonds is 1. The molecular formula is C12H18ClN3O. The number of halogens is 1. The molecule has 0 saturated carbocycles. The highest BCUT2D eigenvalue weighted by Crippen LogP contribution is 2.26. The molecule has 4 nitrogen and oxygen atoms in total. The van der Waals surface area contributed by atoms with Crippen LogP contribution in [0.4, 0.5) is 16.2 Å². The van der Waals surface area contributed by atoms with Gasteiger partial charge in [-0.3, -0.25) is 4.90 Å². The Labute approximate surface area is 107 Å². The second-order valence-corrected chi connectivity index (χ2v) is 5.38. The van der Waals surface area contributed by atoms with Gasteiger partial charge in [0.1, 0.15) is 0 Å². The molecule has 0 saturated heterocycles. The van der Waals surface area contributed by atoms with E-state index < -0.39 is 0 Å². The Bertz CT molecular complexity index is 426. The van der Waals surface area contributed by atoms with E-state index in [1.807, 2.05) is 20.8 Å². The Kier molecular flexibility index (Phi) is 3.88. The highest BCUT2D eigenvalue weighted by atomic mass is 35.5. The van der Waals surface area contributed by atoms with Crippen molar-refractivity contribution in [2.45, 2.75) is 26.3 Å². The lowest BCUT2D eigenvalue weighted by Crippen LogP contribution is -2.47. The molecule has 0 aliphatic rings. The van der Waals surface area contributed by atoms with Crippen molar-refractivity contribution in [3.8, 4) is 0 Å². The number of carbonyl (C=O) groups excluding carboxylic acids is 1. The van der Waals surface area contributed by atoms with Gasteiger partial charge in [-0.25, -0.2) is 4.79 Å². The van der Waals surface area contributed by atoms with Gasteiger partial charge in [0.2, 0.25) is 0 Å². The van der Waals surface area contributed by atoms with E-state index in [0.717, 1.165) is 0 Å². The number of nitrogens with zero attached hydrogens (tertiary/aromatic N) is 1. The van der Waals surface area contributed by atoms with Crippen LogP contribution in [0.5, 0.6) is 0 Å². The number of carbonyl (C=O) groups is 1. The fourth-order valence-corrected chi connectivity index (χ4v) is 1.49. The van der Waals surface area contributed by atoms with Crippen LogP contribution in [0.25, 0.3) is 0 Å². The molecule has 0 aliphatic carbocycles. The molecule has 1 aromatic carbocycles. The fraction of sp³-hybridized carbons (Fsp3) is 0.417. The molecule has 0 bridgehead atoms. The van der Waals surface area contributed by atoms with Crippen molar-refractivity contribution in [3.05, 3.63) is 23.2 Å². The number of hydrogen-bond donors (Lipinski definition) is 2. The molecule has 0 unspecified atom stereocenters. The van der Waals surface area contributed by atoms with E-state index in [4.69, 9.17) is 17.3 Å². The molecule has 0 radical (unpaired) electrons. The van der Waals surface area contributed by atoms with Gasteiger partial charge in [0, 0.05) is 17.6 Å². The molecule has 0 aromatic heterocycles. The summed E-state index contributed by atoms with van der Waals surface area (Å²) in [5, 5.41) is 3.40. The third kappa shape index (κ3) is 3.82. The molecule has 94 valence electrons. The SMILES string of the molecule is CN(C(=O)NC(C)(C)C)c1cc(Cl)ccc1N. The predicted molar refractivity (Wildman–Crippen MR) is 72.6 cm³/mol. The number of hydrogen-bond acceptors (Lipinski definition) is 2. The molecule has 0 spiro atoms. The first-order valence-electron chi connectivity index (χ1n) is 5.31. The molecule has 0 atom stereocenters. The smallest absolute Gasteiger partial charge is 0.322 e. The normalized spacial score (nSPS) is 11.1. The standard InChI is InChI=1S/C12H18ClN3O/c1-12(2,3)15-11(17)16(4)10-7-8(13)5-6-9(10)14/h5-7H,14H2,1-4H3,(H,15,17). The number of benzene rings is 1. The summed E-state index contributed by atoms with van der Waals surface area (Å²) in [6.45, 7) is 5.75. The van der Waals surface area contributed by atoms with Crippen molar-refractivity contribution < 1.29 is 4.79 Å². The molecule has 0 aliphatic heterocycles. The third-order valence-corrected chi connectivity index (χ3v) is 2.38. The largest absolute Gasteiger partial charge is 0.397 e. The number of nitrogens with one attached hydrogen (secondary N) is 1. The predicted octanol–water partition coefficient (Wildman–Crippen LogP) is 2.87. The van der Waals surface area contributed by atoms with Gasteiger partial charge in [-0.2, -0.15) is 0 Å². The fourth-order valence-electron chi connectivity index (χ4n) is 1.32. The van der Waals surface area contributed by atoms with Gasteiger partial charge in [0.05, 0.1) is 11.4 Å². The quantitative estimate of drug-likeness (QED) is 0.758. The summed E-state index contributed by atoms with van der Waals surface area (Å²) in [5.74, 6) is 0. The van der Waals surface area contributed by atoms with Gasteiger partial charge in [-0.1, -0.05) is 11.6 Å². The number of urea groups is 1. The molecule has 0 fully saturated rings. The minimum absolute atomic E-state index is 0.216. The van der Waals surface area contributed by atoms with Crippen molar-refractivity contribution in [1.29, 1.82) is 0 Å². The highest BCUT2D eigenvalue weighted by Gasteiger charge is 2.19. The number of anilines is 2. The van der Waals surface area contributed by atoms with E-state index in [1.54, 1.807) is 25.2 Å². The number of amides is 2. The van der Waals surface area contributed by atoms with Crippen LogP contribution in [0.15, 0.2) is 18.2 Å². The summed E-state index contributed by atoms with van der Waals surface area (Å²) >= 11 is 5.88. The zero-order valence-corrected chi connectivity index (χ0v) is 11.3. The Balaban J connectivity index is 2.92. The van der Waals surface area contributed by atoms with Crippen molar-refractivity contribution in [2.24, 2.45) is 0 Å². The number of nitrogen functional groups attached to an aromatic ring is 1. The lowest BCUT2D eigenvalue weighted by molar-refractivity contribution is 0.239. The molecule has 3 N–H and O–H groups in total. The van der Waals surface area contributed by atoms with Crippen LogP contribution in [-0.4, -0.2) is 18.6 Å². The lowest BCUT2D eigenvalue weighted by atomic mass is 10.1. The Hall–Kier alpha value is -1.42. The lowest BCUT2D eigenvalue weighted by Gasteiger charge is -2.26. The zero-order chi connectivity index (χ0) is 13.2. The zero-order valence-electron chi connectivity index (χ0n) is 10.5. The van der Waals surface area contributed by atoms with Gasteiger partial charge in [0.15, 0.2) is 0 Å². The molecule has 5 heteroatoms. The van der Waals surface area contributed by atoms with E-state index in [-0.39, 0.29) is 11.6 Å². The Morgan fingerprint density at radius 2 is 2.00 bits per heavy atom. The van der Waals surface area contributed by atoms with Crippen LogP contribution >= 0.6 is 11.6 Å². The van der Waals surface area contributed by atoms with Gasteiger partial charge in [-0.05, 0) is 39.0 Å². The summed E-state index contributed by atoms with van der Waals surface area (Å²) in [7, 11) is 1.66. The van der Waals surface area contributed by atoms with E-state index in [1.165, 1.54) is 4.90 Å². The van der Waals surface area contributed by atoms with Crippen LogP contribution in [0.2, 0.25) is 5.02 Å². The molecule has 1 aromatic rings. The summed E-state index contributed by atoms with van der Waals surface area (Å²) in [4.78, 5) is 13.4. The minimum atomic E-state index is -0.293. The maximum absolute atomic E-state index is 11.9. The van der Waals surface area contributed by atoms with E-state index >= 15 is 0 Å². The summed E-state index contributed by atoms with van der Waals surface area (Å²) in [6, 6.07) is 4.82. The number of nitrogens with two attached hydrogens (primary N) is 1. The average molecular weight is 256 g/mol. The van der Waals surface area contributed by atoms with Crippen molar-refractivity contribution >= 4 is 29.0 Å². The first-order chi connectivity index (χ1) is 7.70. The van der Waals surface area contributed by atoms with Gasteiger partial charge in [0.25, 0.3) is 0 Å². The minimum Gasteiger partial charge on any atom is -0.397 e. The Morgan fingerprint density at radius 1 is 1.41 bits per heavy atom. The van der Waals surface area contributed by atoms with Crippen LogP contribution in [-0.2, 0) is 0 Å². The van der Waals surface area contributed by atoms with Crippen LogP contribution in [0.1, 0.15) is 20.8 Å². The second kappa shape index (κ2) is 4.84. The second-order valence-electron chi connectivity index (χ2n) is 4.94. The molecule has 2 amide bonds. The van der Waals surface area contributed by atoms with E-state index in [0.29, 0.717) is 16.4 Å². The van der Waals surface area contributed by atoms with Crippen molar-refractivity contribution in [1.82, 2.24) is 5.32 Å². The third-order valence-electron chi connectivity index (χ3n) is 2.14. The monoisotopic (exact) mass is 255 g/mol. The molecule has 1 rings (SSSR count). The van der Waals surface area contributed by atoms with E-state index in [2.05, 4.69) is 5.32 Å². The summed E-state index contributed by atoms with van der Waals surface area (Å²) in [6.07, 6.45) is 0. The van der Waals surface area contributed by atoms with Crippen LogP contribution < -0.4 is 16.0 Å². The molecular weight excluding hydrogens is 238 g/mol. The van der Waals surface area contributed by atoms with E-state index in [9.17, 15) is 4.79 Å². The van der Waals surface area contributed by atoms with Crippen molar-refractivity contribution in [2.75, 3.05) is 17.7 Å². The molecule has 17 heavy (non-hydrogen) atoms. The first kappa shape index (κ1) is 13.6. The van der Waals surface area contributed by atoms with Gasteiger partial charge >= 0.3 is 6.03 Å². The van der Waals surface area contributed by atoms with Gasteiger partial charge < -0.3 is 11.1 Å². The average Bonchev–Trinajstić information content (AvgIpc) is 2.18. The highest BCUT2D eigenvalue weighted by molar-refractivity contribution is 6.31. The van der Waals surface area contributed by atoms with Gasteiger partial charge in [-0.15, -0.1) is 0 Å². The van der Waals surface area contributed by atoms with Crippen LogP contribution in [0.3, 0.4) is 0 Å². The van der Waals surface area contributed by atoms with Crippen molar-refractivity contribution in [3.63, 3.8) is 0 Å². The summed E-state index contributed by atoms with van der Waals surface area (Å²) in [5.41, 5.74) is 6.63.